The molecule has 0 saturated heterocycles. The number of halogens is 1. The summed E-state index contributed by atoms with van der Waals surface area (Å²) < 4.78 is 5.70. The third-order valence-electron chi connectivity index (χ3n) is 2.35. The number of carbonyl (C=O) groups excluding carboxylic acids is 1. The summed E-state index contributed by atoms with van der Waals surface area (Å²) in [5, 5.41) is 16.4. The van der Waals surface area contributed by atoms with E-state index >= 15 is 0 Å². The molecule has 0 fully saturated rings. The molecule has 2 aromatic rings. The van der Waals surface area contributed by atoms with E-state index in [0.717, 1.165) is 12.8 Å². The first kappa shape index (κ1) is 12.7. The summed E-state index contributed by atoms with van der Waals surface area (Å²) in [4.78, 5) is 11.9. The van der Waals surface area contributed by atoms with Crippen LogP contribution in [-0.2, 0) is 0 Å². The van der Waals surface area contributed by atoms with Crippen molar-refractivity contribution in [3.8, 4) is 0 Å². The maximum Gasteiger partial charge on any atom is 0.287 e. The van der Waals surface area contributed by atoms with E-state index in [1.165, 1.54) is 0 Å². The number of hydrogen-bond acceptors (Lipinski definition) is 5. The molecular formula is C10H12BrN5O2. The Morgan fingerprint density at radius 3 is 3.00 bits per heavy atom. The lowest BCUT2D eigenvalue weighted by Crippen LogP contribution is -2.29. The maximum absolute atomic E-state index is 11.9. The normalized spacial score (nSPS) is 12.3. The molecule has 0 saturated carbocycles. The largest absolute Gasteiger partial charge is 0.444 e. The maximum atomic E-state index is 11.9. The second kappa shape index (κ2) is 5.76. The predicted molar refractivity (Wildman–Crippen MR) is 65.7 cm³/mol. The highest BCUT2D eigenvalue weighted by Gasteiger charge is 2.20. The zero-order valence-electron chi connectivity index (χ0n) is 9.68. The lowest BCUT2D eigenvalue weighted by molar-refractivity contribution is 0.0903. The number of furan rings is 1. The zero-order chi connectivity index (χ0) is 13.0. The molecule has 7 nitrogen and oxygen atoms in total. The van der Waals surface area contributed by atoms with E-state index in [9.17, 15) is 4.79 Å². The fourth-order valence-corrected chi connectivity index (χ4v) is 1.84. The van der Waals surface area contributed by atoms with E-state index in [-0.39, 0.29) is 17.7 Å². The van der Waals surface area contributed by atoms with Gasteiger partial charge in [-0.25, -0.2) is 0 Å². The van der Waals surface area contributed by atoms with Crippen molar-refractivity contribution in [3.05, 3.63) is 28.4 Å². The van der Waals surface area contributed by atoms with Crippen molar-refractivity contribution in [2.24, 2.45) is 0 Å². The fraction of sp³-hybridized carbons (Fsp3) is 0.400. The number of H-pyrrole nitrogens is 1. The molecule has 8 heteroatoms. The molecule has 0 aliphatic heterocycles. The van der Waals surface area contributed by atoms with Gasteiger partial charge in [-0.3, -0.25) is 4.79 Å². The molecule has 2 N–H and O–H groups in total. The van der Waals surface area contributed by atoms with Crippen molar-refractivity contribution >= 4 is 21.8 Å². The van der Waals surface area contributed by atoms with Crippen LogP contribution in [-0.4, -0.2) is 26.5 Å². The molecule has 1 amide bonds. The minimum atomic E-state index is -0.302. The Balaban J connectivity index is 2.07. The third kappa shape index (κ3) is 2.95. The van der Waals surface area contributed by atoms with E-state index in [1.807, 2.05) is 6.92 Å². The van der Waals surface area contributed by atoms with E-state index in [2.05, 4.69) is 41.9 Å². The first-order chi connectivity index (χ1) is 8.70. The number of nitrogens with one attached hydrogen (secondary N) is 2. The molecule has 0 radical (unpaired) electrons. The van der Waals surface area contributed by atoms with Crippen molar-refractivity contribution in [1.82, 2.24) is 25.9 Å². The lowest BCUT2D eigenvalue weighted by atomic mass is 10.1. The smallest absolute Gasteiger partial charge is 0.287 e. The molecular weight excluding hydrogens is 302 g/mol. The monoisotopic (exact) mass is 313 g/mol. The summed E-state index contributed by atoms with van der Waals surface area (Å²) in [6.07, 6.45) is 1.62. The third-order valence-corrected chi connectivity index (χ3v) is 2.78. The highest BCUT2D eigenvalue weighted by Crippen LogP contribution is 2.17. The number of aromatic amines is 1. The number of hydrogen-bond donors (Lipinski definition) is 2. The molecule has 0 bridgehead atoms. The van der Waals surface area contributed by atoms with Crippen molar-refractivity contribution in [1.29, 1.82) is 0 Å². The average Bonchev–Trinajstić information content (AvgIpc) is 2.98. The quantitative estimate of drug-likeness (QED) is 0.877. The zero-order valence-corrected chi connectivity index (χ0v) is 11.3. The molecule has 0 aromatic carbocycles. The second-order valence-corrected chi connectivity index (χ2v) is 4.47. The molecule has 0 aliphatic rings. The van der Waals surface area contributed by atoms with Gasteiger partial charge in [0.15, 0.2) is 16.3 Å². The molecule has 2 rings (SSSR count). The highest BCUT2D eigenvalue weighted by molar-refractivity contribution is 9.10. The minimum absolute atomic E-state index is 0.242. The van der Waals surface area contributed by atoms with Crippen LogP contribution in [0.4, 0.5) is 0 Å². The Hall–Kier alpha value is -1.70. The standard InChI is InChI=1S/C10H12BrN5O2/c1-2-3-6(9-13-15-16-14-9)12-10(17)7-4-5-8(11)18-7/h4-6H,2-3H2,1H3,(H,12,17)(H,13,14,15,16). The van der Waals surface area contributed by atoms with Crippen molar-refractivity contribution in [3.63, 3.8) is 0 Å². The minimum Gasteiger partial charge on any atom is -0.444 e. The van der Waals surface area contributed by atoms with Gasteiger partial charge in [0, 0.05) is 0 Å². The Kier molecular flexibility index (Phi) is 4.08. The molecule has 2 aromatic heterocycles. The Morgan fingerprint density at radius 2 is 2.44 bits per heavy atom. The summed E-state index contributed by atoms with van der Waals surface area (Å²) in [6, 6.07) is 2.99. The van der Waals surface area contributed by atoms with Gasteiger partial charge >= 0.3 is 0 Å². The van der Waals surface area contributed by atoms with Crippen LogP contribution in [0.5, 0.6) is 0 Å². The Bertz CT molecular complexity index is 510. The Labute approximate surface area is 111 Å². The van der Waals surface area contributed by atoms with E-state index in [0.29, 0.717) is 10.5 Å². The van der Waals surface area contributed by atoms with Gasteiger partial charge < -0.3 is 9.73 Å². The van der Waals surface area contributed by atoms with Crippen LogP contribution in [0, 0.1) is 0 Å². The summed E-state index contributed by atoms with van der Waals surface area (Å²) in [5.74, 6) is 0.409. The number of carbonyl (C=O) groups is 1. The lowest BCUT2D eigenvalue weighted by Gasteiger charge is -2.13. The number of nitrogens with zero attached hydrogens (tertiary/aromatic N) is 3. The van der Waals surface area contributed by atoms with Gasteiger partial charge in [-0.15, -0.1) is 10.2 Å². The number of amides is 1. The van der Waals surface area contributed by atoms with Crippen molar-refractivity contribution in [2.45, 2.75) is 25.8 Å². The molecule has 0 spiro atoms. The summed E-state index contributed by atoms with van der Waals surface area (Å²) >= 11 is 3.15. The van der Waals surface area contributed by atoms with Crippen LogP contribution in [0.1, 0.15) is 42.2 Å². The van der Waals surface area contributed by atoms with Gasteiger partial charge in [0.25, 0.3) is 5.91 Å². The van der Waals surface area contributed by atoms with Crippen LogP contribution < -0.4 is 5.32 Å². The van der Waals surface area contributed by atoms with Crippen molar-refractivity contribution in [2.75, 3.05) is 0 Å². The number of rotatable bonds is 5. The predicted octanol–water partition coefficient (Wildman–Crippen LogP) is 1.83. The van der Waals surface area contributed by atoms with Crippen LogP contribution >= 0.6 is 15.9 Å². The topological polar surface area (TPSA) is 96.7 Å². The van der Waals surface area contributed by atoms with Gasteiger partial charge in [0.2, 0.25) is 0 Å². The molecule has 1 atom stereocenters. The van der Waals surface area contributed by atoms with Gasteiger partial charge in [0.05, 0.1) is 6.04 Å². The molecule has 96 valence electrons. The van der Waals surface area contributed by atoms with E-state index in [1.54, 1.807) is 12.1 Å². The van der Waals surface area contributed by atoms with Gasteiger partial charge in [0.1, 0.15) is 0 Å². The van der Waals surface area contributed by atoms with Gasteiger partial charge in [-0.2, -0.15) is 5.21 Å². The van der Waals surface area contributed by atoms with Crippen LogP contribution in [0.25, 0.3) is 0 Å². The molecule has 0 aliphatic carbocycles. The van der Waals surface area contributed by atoms with Gasteiger partial charge in [-0.1, -0.05) is 18.6 Å². The van der Waals surface area contributed by atoms with Crippen LogP contribution in [0.2, 0.25) is 0 Å². The SMILES string of the molecule is CCCC(NC(=O)c1ccc(Br)o1)c1nn[nH]n1. The first-order valence-electron chi connectivity index (χ1n) is 5.50. The van der Waals surface area contributed by atoms with Crippen LogP contribution in [0.15, 0.2) is 21.2 Å². The fourth-order valence-electron chi connectivity index (χ4n) is 1.54. The van der Waals surface area contributed by atoms with E-state index in [4.69, 9.17) is 4.42 Å². The number of tetrazole rings is 1. The summed E-state index contributed by atoms with van der Waals surface area (Å²) in [5.41, 5.74) is 0. The molecule has 1 unspecified atom stereocenters. The van der Waals surface area contributed by atoms with Gasteiger partial charge in [-0.05, 0) is 34.5 Å². The van der Waals surface area contributed by atoms with Crippen LogP contribution in [0.3, 0.4) is 0 Å². The number of aromatic nitrogens is 4. The second-order valence-electron chi connectivity index (χ2n) is 3.69. The molecule has 18 heavy (non-hydrogen) atoms. The summed E-state index contributed by atoms with van der Waals surface area (Å²) in [6.45, 7) is 2.02. The Morgan fingerprint density at radius 1 is 1.61 bits per heavy atom. The summed E-state index contributed by atoms with van der Waals surface area (Å²) in [7, 11) is 0. The highest BCUT2D eigenvalue weighted by atomic mass is 79.9. The molecule has 2 heterocycles. The average molecular weight is 314 g/mol. The van der Waals surface area contributed by atoms with Crippen molar-refractivity contribution < 1.29 is 9.21 Å². The first-order valence-corrected chi connectivity index (χ1v) is 6.29. The van der Waals surface area contributed by atoms with E-state index < -0.39 is 0 Å².